The van der Waals surface area contributed by atoms with Crippen LogP contribution in [0.2, 0.25) is 0 Å². The van der Waals surface area contributed by atoms with E-state index in [1.165, 1.54) is 4.90 Å². The zero-order chi connectivity index (χ0) is 12.0. The highest BCUT2D eigenvalue weighted by Gasteiger charge is 2.70. The number of alkyl halides is 3. The van der Waals surface area contributed by atoms with Gasteiger partial charge < -0.3 is 0 Å². The predicted molar refractivity (Wildman–Crippen MR) is 56.0 cm³/mol. The molecule has 0 aliphatic carbocycles. The molecule has 0 N–H and O–H groups in total. The Morgan fingerprint density at radius 2 is 1.75 bits per heavy atom. The van der Waals surface area contributed by atoms with E-state index in [0.717, 1.165) is 0 Å². The molecule has 2 atom stereocenters. The van der Waals surface area contributed by atoms with E-state index in [4.69, 9.17) is 0 Å². The van der Waals surface area contributed by atoms with E-state index in [1.807, 2.05) is 0 Å². The molecule has 1 aliphatic rings. The minimum atomic E-state index is -4.21. The molecule has 1 aromatic carbocycles. The first-order chi connectivity index (χ1) is 7.39. The summed E-state index contributed by atoms with van der Waals surface area (Å²) in [7, 11) is 0. The van der Waals surface area contributed by atoms with Gasteiger partial charge in [0.2, 0.25) is 0 Å². The summed E-state index contributed by atoms with van der Waals surface area (Å²) in [6, 6.07) is 8.04. The molecule has 0 saturated carbocycles. The Bertz CT molecular complexity index is 372. The number of halogens is 3. The van der Waals surface area contributed by atoms with Crippen LogP contribution in [0.15, 0.2) is 30.3 Å². The van der Waals surface area contributed by atoms with Gasteiger partial charge in [-0.05, 0) is 19.4 Å². The van der Waals surface area contributed by atoms with Crippen LogP contribution in [0, 0.1) is 0 Å². The second-order valence-corrected chi connectivity index (χ2v) is 4.45. The number of rotatable bonds is 2. The minimum Gasteiger partial charge on any atom is -0.280 e. The van der Waals surface area contributed by atoms with Gasteiger partial charge >= 0.3 is 6.18 Å². The van der Waals surface area contributed by atoms with Crippen molar-refractivity contribution in [2.75, 3.05) is 6.54 Å². The quantitative estimate of drug-likeness (QED) is 0.704. The van der Waals surface area contributed by atoms with Crippen LogP contribution in [-0.4, -0.2) is 23.7 Å². The molecule has 2 rings (SSSR count). The lowest BCUT2D eigenvalue weighted by atomic mass is 9.98. The third-order valence-electron chi connectivity index (χ3n) is 3.13. The normalized spacial score (nSPS) is 29.5. The van der Waals surface area contributed by atoms with Crippen LogP contribution >= 0.6 is 0 Å². The lowest BCUT2D eigenvalue weighted by Crippen LogP contribution is -2.36. The van der Waals surface area contributed by atoms with Crippen LogP contribution in [0.25, 0.3) is 0 Å². The zero-order valence-corrected chi connectivity index (χ0v) is 9.25. The van der Waals surface area contributed by atoms with E-state index in [-0.39, 0.29) is 12.6 Å². The largest absolute Gasteiger partial charge is 0.412 e. The summed E-state index contributed by atoms with van der Waals surface area (Å²) in [5.41, 5.74) is -1.40. The molecule has 88 valence electrons. The average molecular weight is 229 g/mol. The fraction of sp³-hybridized carbons (Fsp3) is 0.500. The predicted octanol–water partition coefficient (Wildman–Crippen LogP) is 3.17. The zero-order valence-electron chi connectivity index (χ0n) is 9.25. The summed E-state index contributed by atoms with van der Waals surface area (Å²) in [6.07, 6.45) is -4.21. The topological polar surface area (TPSA) is 3.01 Å². The molecule has 0 radical (unpaired) electrons. The molecule has 1 nitrogen and oxygen atoms in total. The monoisotopic (exact) mass is 229 g/mol. The van der Waals surface area contributed by atoms with E-state index in [0.29, 0.717) is 5.56 Å². The van der Waals surface area contributed by atoms with Gasteiger partial charge in [-0.1, -0.05) is 30.3 Å². The third kappa shape index (κ3) is 1.52. The lowest BCUT2D eigenvalue weighted by molar-refractivity contribution is -0.175. The molecule has 0 spiro atoms. The summed E-state index contributed by atoms with van der Waals surface area (Å²) in [4.78, 5) is 1.47. The van der Waals surface area contributed by atoms with Gasteiger partial charge in [-0.25, -0.2) is 0 Å². The van der Waals surface area contributed by atoms with Crippen molar-refractivity contribution >= 4 is 0 Å². The van der Waals surface area contributed by atoms with E-state index in [1.54, 1.807) is 44.2 Å². The smallest absolute Gasteiger partial charge is 0.280 e. The standard InChI is InChI=1S/C12H14F3N/c1-9(2)16-8-11(16,12(13,14)15)10-6-4-3-5-7-10/h3-7,9H,8H2,1-2H3. The Morgan fingerprint density at radius 1 is 1.19 bits per heavy atom. The fourth-order valence-electron chi connectivity index (χ4n) is 2.22. The highest BCUT2D eigenvalue weighted by molar-refractivity contribution is 5.34. The first-order valence-corrected chi connectivity index (χ1v) is 5.28. The Kier molecular flexibility index (Phi) is 2.49. The van der Waals surface area contributed by atoms with Crippen LogP contribution in [-0.2, 0) is 5.54 Å². The van der Waals surface area contributed by atoms with Gasteiger partial charge in [0, 0.05) is 12.6 Å². The maximum atomic E-state index is 13.2. The first kappa shape index (κ1) is 11.5. The van der Waals surface area contributed by atoms with Gasteiger partial charge in [0.05, 0.1) is 0 Å². The molecule has 1 saturated heterocycles. The molecule has 1 aromatic rings. The van der Waals surface area contributed by atoms with Gasteiger partial charge in [-0.15, -0.1) is 0 Å². The minimum absolute atomic E-state index is 0.0676. The Hall–Kier alpha value is -1.03. The number of nitrogens with zero attached hydrogens (tertiary/aromatic N) is 1. The molecular weight excluding hydrogens is 215 g/mol. The number of hydrogen-bond acceptors (Lipinski definition) is 1. The van der Waals surface area contributed by atoms with Gasteiger partial charge in [-0.2, -0.15) is 13.2 Å². The number of benzene rings is 1. The van der Waals surface area contributed by atoms with E-state index in [9.17, 15) is 13.2 Å². The molecule has 1 fully saturated rings. The van der Waals surface area contributed by atoms with Crippen LogP contribution in [0.5, 0.6) is 0 Å². The van der Waals surface area contributed by atoms with E-state index < -0.39 is 11.7 Å². The summed E-state index contributed by atoms with van der Waals surface area (Å²) in [6.45, 7) is 3.64. The molecule has 1 aliphatic heterocycles. The number of hydrogen-bond donors (Lipinski definition) is 0. The van der Waals surface area contributed by atoms with Crippen molar-refractivity contribution in [1.82, 2.24) is 4.90 Å². The Morgan fingerprint density at radius 3 is 2.12 bits per heavy atom. The van der Waals surface area contributed by atoms with Crippen LogP contribution in [0.4, 0.5) is 13.2 Å². The Balaban J connectivity index is 2.40. The summed E-state index contributed by atoms with van der Waals surface area (Å²) < 4.78 is 39.5. The summed E-state index contributed by atoms with van der Waals surface area (Å²) in [5, 5.41) is 0. The maximum Gasteiger partial charge on any atom is 0.412 e. The van der Waals surface area contributed by atoms with Crippen molar-refractivity contribution in [3.05, 3.63) is 35.9 Å². The average Bonchev–Trinajstić information content (AvgIpc) is 2.94. The van der Waals surface area contributed by atoms with E-state index in [2.05, 4.69) is 0 Å². The molecule has 16 heavy (non-hydrogen) atoms. The van der Waals surface area contributed by atoms with Gasteiger partial charge in [-0.3, -0.25) is 4.90 Å². The molecular formula is C12H14F3N. The Labute approximate surface area is 92.9 Å². The van der Waals surface area contributed by atoms with Crippen molar-refractivity contribution in [3.8, 4) is 0 Å². The maximum absolute atomic E-state index is 13.2. The lowest BCUT2D eigenvalue weighted by Gasteiger charge is -2.23. The SMILES string of the molecule is CC(C)N1CC1(c1ccccc1)C(F)(F)F. The van der Waals surface area contributed by atoms with Crippen LogP contribution in [0.3, 0.4) is 0 Å². The van der Waals surface area contributed by atoms with Crippen molar-refractivity contribution in [1.29, 1.82) is 0 Å². The molecule has 2 unspecified atom stereocenters. The second kappa shape index (κ2) is 3.48. The third-order valence-corrected chi connectivity index (χ3v) is 3.13. The van der Waals surface area contributed by atoms with Crippen molar-refractivity contribution in [2.45, 2.75) is 31.6 Å². The molecule has 0 amide bonds. The van der Waals surface area contributed by atoms with Gasteiger partial charge in [0.1, 0.15) is 0 Å². The summed E-state index contributed by atoms with van der Waals surface area (Å²) >= 11 is 0. The van der Waals surface area contributed by atoms with Crippen molar-refractivity contribution in [2.24, 2.45) is 0 Å². The highest BCUT2D eigenvalue weighted by atomic mass is 19.4. The molecule has 0 bridgehead atoms. The van der Waals surface area contributed by atoms with Crippen LogP contribution < -0.4 is 0 Å². The van der Waals surface area contributed by atoms with Crippen molar-refractivity contribution in [3.63, 3.8) is 0 Å². The molecule has 1 heterocycles. The highest BCUT2D eigenvalue weighted by Crippen LogP contribution is 2.55. The fourth-order valence-corrected chi connectivity index (χ4v) is 2.22. The second-order valence-electron chi connectivity index (χ2n) is 4.45. The van der Waals surface area contributed by atoms with Gasteiger partial charge in [0.15, 0.2) is 5.54 Å². The summed E-state index contributed by atoms with van der Waals surface area (Å²) in [5.74, 6) is 0. The van der Waals surface area contributed by atoms with E-state index >= 15 is 0 Å². The molecule has 4 heteroatoms. The first-order valence-electron chi connectivity index (χ1n) is 5.28. The van der Waals surface area contributed by atoms with Crippen molar-refractivity contribution < 1.29 is 13.2 Å². The molecule has 0 aromatic heterocycles. The van der Waals surface area contributed by atoms with Gasteiger partial charge in [0.25, 0.3) is 0 Å². The van der Waals surface area contributed by atoms with Crippen LogP contribution in [0.1, 0.15) is 19.4 Å².